The van der Waals surface area contributed by atoms with E-state index in [9.17, 15) is 13.2 Å². The summed E-state index contributed by atoms with van der Waals surface area (Å²) in [5.41, 5.74) is 2.59. The lowest BCUT2D eigenvalue weighted by Gasteiger charge is -2.20. The average molecular weight is 351 g/mol. The van der Waals surface area contributed by atoms with Crippen LogP contribution in [-0.4, -0.2) is 50.2 Å². The Bertz CT molecular complexity index is 727. The van der Waals surface area contributed by atoms with E-state index in [2.05, 4.69) is 10.0 Å². The number of sulfonamides is 1. The first kappa shape index (κ1) is 17.2. The number of rotatable bonds is 4. The van der Waals surface area contributed by atoms with Crippen LogP contribution in [0.15, 0.2) is 18.2 Å². The predicted molar refractivity (Wildman–Crippen MR) is 94.5 cm³/mol. The number of benzene rings is 1. The molecule has 1 aromatic rings. The van der Waals surface area contributed by atoms with Gasteiger partial charge < -0.3 is 10.2 Å². The summed E-state index contributed by atoms with van der Waals surface area (Å²) in [7, 11) is -3.53. The Morgan fingerprint density at radius 1 is 1.25 bits per heavy atom. The van der Waals surface area contributed by atoms with Crippen molar-refractivity contribution in [3.63, 3.8) is 0 Å². The Kier molecular flexibility index (Phi) is 4.83. The molecule has 2 fully saturated rings. The monoisotopic (exact) mass is 351 g/mol. The average Bonchev–Trinajstić information content (AvgIpc) is 3.22. The molecule has 1 amide bonds. The Morgan fingerprint density at radius 3 is 2.67 bits per heavy atom. The van der Waals surface area contributed by atoms with E-state index in [0.717, 1.165) is 37.1 Å². The van der Waals surface area contributed by atoms with E-state index in [-0.39, 0.29) is 11.9 Å². The highest BCUT2D eigenvalue weighted by Gasteiger charge is 2.39. The highest BCUT2D eigenvalue weighted by atomic mass is 32.2. The quantitative estimate of drug-likeness (QED) is 0.859. The third kappa shape index (κ3) is 3.42. The van der Waals surface area contributed by atoms with Crippen molar-refractivity contribution in [1.29, 1.82) is 0 Å². The van der Waals surface area contributed by atoms with Crippen LogP contribution in [0.25, 0.3) is 0 Å². The van der Waals surface area contributed by atoms with Crippen LogP contribution >= 0.6 is 0 Å². The minimum atomic E-state index is -3.53. The van der Waals surface area contributed by atoms with E-state index in [1.165, 1.54) is 0 Å². The maximum absolute atomic E-state index is 12.7. The van der Waals surface area contributed by atoms with Crippen molar-refractivity contribution < 1.29 is 13.2 Å². The van der Waals surface area contributed by atoms with Crippen molar-refractivity contribution >= 4 is 21.6 Å². The van der Waals surface area contributed by atoms with Crippen LogP contribution in [0.1, 0.15) is 30.4 Å². The molecule has 0 aromatic heterocycles. The van der Waals surface area contributed by atoms with Gasteiger partial charge in [-0.2, -0.15) is 0 Å². The summed E-state index contributed by atoms with van der Waals surface area (Å²) in [6.07, 6.45) is 2.40. The molecule has 2 unspecified atom stereocenters. The zero-order chi connectivity index (χ0) is 17.3. The van der Waals surface area contributed by atoms with Crippen molar-refractivity contribution in [2.75, 3.05) is 24.4 Å². The van der Waals surface area contributed by atoms with Gasteiger partial charge in [-0.15, -0.1) is 0 Å². The lowest BCUT2D eigenvalue weighted by molar-refractivity contribution is -0.131. The molecule has 3 rings (SSSR count). The molecular formula is C17H25N3O3S. The molecule has 7 heteroatoms. The molecule has 2 N–H and O–H groups in total. The molecule has 2 saturated heterocycles. The minimum absolute atomic E-state index is 0.0388. The van der Waals surface area contributed by atoms with Crippen LogP contribution in [0.5, 0.6) is 0 Å². The maximum atomic E-state index is 12.7. The Balaban J connectivity index is 1.67. The van der Waals surface area contributed by atoms with Crippen LogP contribution in [-0.2, 0) is 14.8 Å². The summed E-state index contributed by atoms with van der Waals surface area (Å²) >= 11 is 0. The lowest BCUT2D eigenvalue weighted by Crippen LogP contribution is -2.42. The minimum Gasteiger partial charge on any atom is -0.341 e. The number of nitrogens with zero attached hydrogens (tertiary/aromatic N) is 1. The number of carbonyl (C=O) groups excluding carboxylic acids is 1. The van der Waals surface area contributed by atoms with E-state index in [1.54, 1.807) is 6.07 Å². The molecule has 0 spiro atoms. The van der Waals surface area contributed by atoms with Crippen molar-refractivity contribution in [2.24, 2.45) is 0 Å². The summed E-state index contributed by atoms with van der Waals surface area (Å²) in [5, 5.41) is 2.50. The summed E-state index contributed by atoms with van der Waals surface area (Å²) in [4.78, 5) is 14.3. The molecular weight excluding hydrogens is 326 g/mol. The van der Waals surface area contributed by atoms with Crippen molar-refractivity contribution in [3.05, 3.63) is 29.3 Å². The van der Waals surface area contributed by atoms with Gasteiger partial charge in [-0.05, 0) is 50.3 Å². The number of hydrogen-bond donors (Lipinski definition) is 2. The Hall–Kier alpha value is -1.60. The fraction of sp³-hybridized carbons (Fsp3) is 0.588. The fourth-order valence-electron chi connectivity index (χ4n) is 3.38. The smallest absolute Gasteiger partial charge is 0.239 e. The van der Waals surface area contributed by atoms with E-state index >= 15 is 0 Å². The Morgan fingerprint density at radius 2 is 1.96 bits per heavy atom. The van der Waals surface area contributed by atoms with Gasteiger partial charge in [0.05, 0.1) is 17.0 Å². The maximum Gasteiger partial charge on any atom is 0.239 e. The standard InChI is InChI=1S/C17H25N3O3S/c1-12-6-5-7-15(13(12)2)19-24(22,23)14-10-16(18-11-14)17(21)20-8-3-4-9-20/h5-7,14,16,18-19H,3-4,8-11H2,1-2H3. The highest BCUT2D eigenvalue weighted by molar-refractivity contribution is 7.93. The first-order chi connectivity index (χ1) is 11.4. The van der Waals surface area contributed by atoms with Gasteiger partial charge >= 0.3 is 0 Å². The zero-order valence-corrected chi connectivity index (χ0v) is 15.0. The molecule has 132 valence electrons. The first-order valence-corrected chi connectivity index (χ1v) is 10.0. The SMILES string of the molecule is Cc1cccc(NS(=O)(=O)C2CNC(C(=O)N3CCCC3)C2)c1C. The third-order valence-electron chi connectivity index (χ3n) is 5.10. The van der Waals surface area contributed by atoms with Crippen LogP contribution in [0.3, 0.4) is 0 Å². The van der Waals surface area contributed by atoms with Gasteiger partial charge in [0.25, 0.3) is 0 Å². The highest BCUT2D eigenvalue weighted by Crippen LogP contribution is 2.24. The van der Waals surface area contributed by atoms with Gasteiger partial charge in [0.15, 0.2) is 0 Å². The molecule has 0 radical (unpaired) electrons. The second-order valence-corrected chi connectivity index (χ2v) is 8.71. The number of anilines is 1. The van der Waals surface area contributed by atoms with Gasteiger partial charge in [0, 0.05) is 19.6 Å². The topological polar surface area (TPSA) is 78.5 Å². The van der Waals surface area contributed by atoms with Crippen LogP contribution in [0.4, 0.5) is 5.69 Å². The van der Waals surface area contributed by atoms with Crippen molar-refractivity contribution in [3.8, 4) is 0 Å². The normalized spacial score (nSPS) is 24.3. The molecule has 2 atom stereocenters. The molecule has 0 saturated carbocycles. The lowest BCUT2D eigenvalue weighted by atomic mass is 10.1. The van der Waals surface area contributed by atoms with Crippen molar-refractivity contribution in [1.82, 2.24) is 10.2 Å². The van der Waals surface area contributed by atoms with Crippen LogP contribution < -0.4 is 10.0 Å². The Labute approximate surface area is 143 Å². The van der Waals surface area contributed by atoms with Crippen LogP contribution in [0, 0.1) is 13.8 Å². The largest absolute Gasteiger partial charge is 0.341 e. The predicted octanol–water partition coefficient (Wildman–Crippen LogP) is 1.40. The molecule has 1 aromatic carbocycles. The molecule has 2 heterocycles. The van der Waals surface area contributed by atoms with Gasteiger partial charge in [-0.3, -0.25) is 9.52 Å². The molecule has 6 nitrogen and oxygen atoms in total. The second-order valence-electron chi connectivity index (χ2n) is 6.75. The van der Waals surface area contributed by atoms with Gasteiger partial charge in [-0.25, -0.2) is 8.42 Å². The number of likely N-dealkylation sites (tertiary alicyclic amines) is 1. The third-order valence-corrected chi connectivity index (χ3v) is 6.84. The number of hydrogen-bond acceptors (Lipinski definition) is 4. The summed E-state index contributed by atoms with van der Waals surface area (Å²) in [5.74, 6) is 0.0388. The summed E-state index contributed by atoms with van der Waals surface area (Å²) < 4.78 is 28.1. The van der Waals surface area contributed by atoms with Crippen LogP contribution in [0.2, 0.25) is 0 Å². The molecule has 0 aliphatic carbocycles. The molecule has 2 aliphatic heterocycles. The van der Waals surface area contributed by atoms with E-state index < -0.39 is 15.3 Å². The number of carbonyl (C=O) groups is 1. The zero-order valence-electron chi connectivity index (χ0n) is 14.2. The number of amides is 1. The molecule has 24 heavy (non-hydrogen) atoms. The number of aryl methyl sites for hydroxylation is 1. The molecule has 0 bridgehead atoms. The summed E-state index contributed by atoms with van der Waals surface area (Å²) in [6.45, 7) is 5.74. The molecule has 2 aliphatic rings. The van der Waals surface area contributed by atoms with E-state index in [0.29, 0.717) is 18.7 Å². The number of nitrogens with one attached hydrogen (secondary N) is 2. The summed E-state index contributed by atoms with van der Waals surface area (Å²) in [6, 6.07) is 5.18. The van der Waals surface area contributed by atoms with E-state index in [4.69, 9.17) is 0 Å². The van der Waals surface area contributed by atoms with E-state index in [1.807, 2.05) is 30.9 Å². The fourth-order valence-corrected chi connectivity index (χ4v) is 4.84. The van der Waals surface area contributed by atoms with Gasteiger partial charge in [-0.1, -0.05) is 12.1 Å². The van der Waals surface area contributed by atoms with Crippen molar-refractivity contribution in [2.45, 2.75) is 44.4 Å². The first-order valence-electron chi connectivity index (χ1n) is 8.48. The van der Waals surface area contributed by atoms with Gasteiger partial charge in [0.2, 0.25) is 15.9 Å². The second kappa shape index (κ2) is 6.72. The van der Waals surface area contributed by atoms with Gasteiger partial charge in [0.1, 0.15) is 0 Å².